The minimum atomic E-state index is -0.449. The molecule has 0 bridgehead atoms. The van der Waals surface area contributed by atoms with E-state index >= 15 is 0 Å². The van der Waals surface area contributed by atoms with Crippen molar-refractivity contribution < 1.29 is 9.59 Å². The summed E-state index contributed by atoms with van der Waals surface area (Å²) in [6, 6.07) is 7.53. The Morgan fingerprint density at radius 2 is 2.12 bits per heavy atom. The summed E-state index contributed by atoms with van der Waals surface area (Å²) in [6.45, 7) is 8.78. The summed E-state index contributed by atoms with van der Waals surface area (Å²) in [5, 5.41) is 6.38. The van der Waals surface area contributed by atoms with Gasteiger partial charge >= 0.3 is 6.03 Å². The first kappa shape index (κ1) is 17.7. The zero-order valence-electron chi connectivity index (χ0n) is 15.3. The van der Waals surface area contributed by atoms with Crippen LogP contribution in [0, 0.1) is 5.92 Å². The van der Waals surface area contributed by atoms with E-state index in [2.05, 4.69) is 24.5 Å². The fourth-order valence-electron chi connectivity index (χ4n) is 3.67. The van der Waals surface area contributed by atoms with Crippen LogP contribution in [-0.4, -0.2) is 53.5 Å². The van der Waals surface area contributed by atoms with E-state index < -0.39 is 6.04 Å². The molecular weight excluding hydrogens is 316 g/mol. The van der Waals surface area contributed by atoms with Gasteiger partial charge in [-0.1, -0.05) is 38.5 Å². The van der Waals surface area contributed by atoms with Crippen LogP contribution in [0.15, 0.2) is 24.3 Å². The fourth-order valence-corrected chi connectivity index (χ4v) is 3.67. The summed E-state index contributed by atoms with van der Waals surface area (Å²) < 4.78 is 0. The molecule has 2 aliphatic rings. The summed E-state index contributed by atoms with van der Waals surface area (Å²) in [6.07, 6.45) is 0.843. The van der Waals surface area contributed by atoms with Crippen LogP contribution in [0.2, 0.25) is 0 Å². The maximum atomic E-state index is 13.3. The van der Waals surface area contributed by atoms with Crippen molar-refractivity contribution in [1.82, 2.24) is 15.1 Å². The Morgan fingerprint density at radius 3 is 2.84 bits per heavy atom. The van der Waals surface area contributed by atoms with E-state index in [1.54, 1.807) is 4.90 Å². The van der Waals surface area contributed by atoms with Crippen molar-refractivity contribution in [2.24, 2.45) is 5.92 Å². The smallest absolute Gasteiger partial charge is 0.321 e. The summed E-state index contributed by atoms with van der Waals surface area (Å²) in [4.78, 5) is 29.8. The molecule has 0 spiro atoms. The number of hydrogen-bond acceptors (Lipinski definition) is 3. The van der Waals surface area contributed by atoms with E-state index in [1.807, 2.05) is 36.1 Å². The number of carbonyl (C=O) groups is 2. The first-order chi connectivity index (χ1) is 12.0. The van der Waals surface area contributed by atoms with Crippen LogP contribution in [0.25, 0.3) is 0 Å². The van der Waals surface area contributed by atoms with E-state index in [0.29, 0.717) is 19.6 Å². The molecule has 2 heterocycles. The number of para-hydroxylation sites is 1. The van der Waals surface area contributed by atoms with Gasteiger partial charge in [-0.25, -0.2) is 4.79 Å². The number of urea groups is 1. The van der Waals surface area contributed by atoms with Crippen molar-refractivity contribution in [3.8, 4) is 0 Å². The van der Waals surface area contributed by atoms with E-state index in [1.165, 1.54) is 0 Å². The second kappa shape index (κ2) is 7.44. The molecule has 0 aromatic heterocycles. The normalized spacial score (nSPS) is 25.0. The molecule has 1 fully saturated rings. The van der Waals surface area contributed by atoms with Gasteiger partial charge < -0.3 is 20.4 Å². The molecule has 2 aliphatic heterocycles. The molecule has 0 saturated carbocycles. The molecule has 3 amide bonds. The minimum Gasteiger partial charge on any atom is -0.324 e. The maximum absolute atomic E-state index is 13.3. The zero-order chi connectivity index (χ0) is 18.0. The highest BCUT2D eigenvalue weighted by atomic mass is 16.2. The average molecular weight is 344 g/mol. The lowest BCUT2D eigenvalue weighted by molar-refractivity contribution is -0.122. The summed E-state index contributed by atoms with van der Waals surface area (Å²) in [5.74, 6) is 0.00874. The molecule has 136 valence electrons. The molecule has 3 rings (SSSR count). The number of rotatable bonds is 2. The number of carbonyl (C=O) groups excluding carboxylic acids is 2. The van der Waals surface area contributed by atoms with Gasteiger partial charge in [0.2, 0.25) is 5.91 Å². The highest BCUT2D eigenvalue weighted by Crippen LogP contribution is 2.28. The largest absolute Gasteiger partial charge is 0.324 e. The third-order valence-corrected chi connectivity index (χ3v) is 5.29. The van der Waals surface area contributed by atoms with Gasteiger partial charge in [0.1, 0.15) is 6.04 Å². The average Bonchev–Trinajstić information content (AvgIpc) is 2.76. The first-order valence-electron chi connectivity index (χ1n) is 9.19. The standard InChI is InChI=1S/C19H28N4O2/c1-4-13(2)17-18(24)21-16-8-6-5-7-15(16)12-23(17)19(25)22-10-9-20-14(3)11-22/h5-8,13-14,17,20H,4,9-12H2,1-3H3,(H,21,24). The SMILES string of the molecule is CCC(C)C1C(=O)Nc2ccccc2CN1C(=O)N1CCNC(C)C1. The van der Waals surface area contributed by atoms with Crippen LogP contribution in [0.4, 0.5) is 10.5 Å². The first-order valence-corrected chi connectivity index (χ1v) is 9.19. The molecule has 1 aromatic rings. The monoisotopic (exact) mass is 344 g/mol. The van der Waals surface area contributed by atoms with Crippen LogP contribution in [0.1, 0.15) is 32.8 Å². The van der Waals surface area contributed by atoms with Crippen LogP contribution < -0.4 is 10.6 Å². The van der Waals surface area contributed by atoms with E-state index in [4.69, 9.17) is 0 Å². The molecule has 3 atom stereocenters. The second-order valence-electron chi connectivity index (χ2n) is 7.19. The van der Waals surface area contributed by atoms with Gasteiger partial charge in [0.05, 0.1) is 6.54 Å². The minimum absolute atomic E-state index is 0.0366. The van der Waals surface area contributed by atoms with Gasteiger partial charge in [0, 0.05) is 31.4 Å². The van der Waals surface area contributed by atoms with Gasteiger partial charge in [-0.2, -0.15) is 0 Å². The highest BCUT2D eigenvalue weighted by Gasteiger charge is 2.38. The van der Waals surface area contributed by atoms with E-state index in [0.717, 1.165) is 24.2 Å². The van der Waals surface area contributed by atoms with Gasteiger partial charge in [0.25, 0.3) is 0 Å². The number of amides is 3. The third-order valence-electron chi connectivity index (χ3n) is 5.29. The molecule has 3 unspecified atom stereocenters. The topological polar surface area (TPSA) is 64.7 Å². The number of piperazine rings is 1. The lowest BCUT2D eigenvalue weighted by Crippen LogP contribution is -2.58. The van der Waals surface area contributed by atoms with Crippen molar-refractivity contribution in [2.45, 2.75) is 45.8 Å². The number of hydrogen-bond donors (Lipinski definition) is 2. The summed E-state index contributed by atoms with van der Waals surface area (Å²) in [5.41, 5.74) is 1.79. The van der Waals surface area contributed by atoms with E-state index in [-0.39, 0.29) is 23.9 Å². The Bertz CT molecular complexity index is 648. The Hall–Kier alpha value is -2.08. The van der Waals surface area contributed by atoms with Crippen molar-refractivity contribution in [3.63, 3.8) is 0 Å². The number of anilines is 1. The molecule has 25 heavy (non-hydrogen) atoms. The Morgan fingerprint density at radius 1 is 1.36 bits per heavy atom. The summed E-state index contributed by atoms with van der Waals surface area (Å²) >= 11 is 0. The predicted molar refractivity (Wildman–Crippen MR) is 98.3 cm³/mol. The van der Waals surface area contributed by atoms with Crippen molar-refractivity contribution >= 4 is 17.6 Å². The molecule has 1 saturated heterocycles. The number of benzene rings is 1. The Kier molecular flexibility index (Phi) is 5.27. The van der Waals surface area contributed by atoms with Crippen LogP contribution in [0.5, 0.6) is 0 Å². The molecule has 0 aliphatic carbocycles. The molecule has 2 N–H and O–H groups in total. The second-order valence-corrected chi connectivity index (χ2v) is 7.19. The summed E-state index contributed by atoms with van der Waals surface area (Å²) in [7, 11) is 0. The lowest BCUT2D eigenvalue weighted by Gasteiger charge is -2.39. The molecule has 6 nitrogen and oxygen atoms in total. The van der Waals surface area contributed by atoms with Crippen molar-refractivity contribution in [1.29, 1.82) is 0 Å². The van der Waals surface area contributed by atoms with Crippen molar-refractivity contribution in [2.75, 3.05) is 25.0 Å². The maximum Gasteiger partial charge on any atom is 0.321 e. The van der Waals surface area contributed by atoms with Gasteiger partial charge in [0.15, 0.2) is 0 Å². The third kappa shape index (κ3) is 3.63. The number of fused-ring (bicyclic) bond motifs is 1. The fraction of sp³-hybridized carbons (Fsp3) is 0.579. The van der Waals surface area contributed by atoms with Crippen LogP contribution in [0.3, 0.4) is 0 Å². The van der Waals surface area contributed by atoms with Crippen LogP contribution >= 0.6 is 0 Å². The van der Waals surface area contributed by atoms with Crippen molar-refractivity contribution in [3.05, 3.63) is 29.8 Å². The van der Waals surface area contributed by atoms with Gasteiger partial charge in [-0.05, 0) is 24.5 Å². The molecular formula is C19H28N4O2. The zero-order valence-corrected chi connectivity index (χ0v) is 15.3. The van der Waals surface area contributed by atoms with Crippen LogP contribution in [-0.2, 0) is 11.3 Å². The number of nitrogens with zero attached hydrogens (tertiary/aromatic N) is 2. The quantitative estimate of drug-likeness (QED) is 0.865. The van der Waals surface area contributed by atoms with E-state index in [9.17, 15) is 9.59 Å². The van der Waals surface area contributed by atoms with Gasteiger partial charge in [-0.3, -0.25) is 4.79 Å². The molecule has 0 radical (unpaired) electrons. The van der Waals surface area contributed by atoms with Gasteiger partial charge in [-0.15, -0.1) is 0 Å². The Balaban J connectivity index is 1.93. The number of nitrogens with one attached hydrogen (secondary N) is 2. The Labute approximate surface area is 149 Å². The predicted octanol–water partition coefficient (Wildman–Crippen LogP) is 2.27. The lowest BCUT2D eigenvalue weighted by atomic mass is 9.97. The molecule has 1 aromatic carbocycles. The highest BCUT2D eigenvalue weighted by molar-refractivity contribution is 5.98. The molecule has 6 heteroatoms.